The van der Waals surface area contributed by atoms with Crippen molar-refractivity contribution in [3.05, 3.63) is 28.8 Å². The molecule has 0 unspecified atom stereocenters. The molecule has 2 aliphatic rings. The smallest absolute Gasteiger partial charge is 0.244 e. The Balaban J connectivity index is 1.63. The first-order valence-electron chi connectivity index (χ1n) is 7.96. The summed E-state index contributed by atoms with van der Waals surface area (Å²) >= 11 is 6.14. The molecule has 2 fully saturated rings. The van der Waals surface area contributed by atoms with Gasteiger partial charge in [0.05, 0.1) is 5.02 Å². The number of hydrogen-bond acceptors (Lipinski definition) is 3. The Morgan fingerprint density at radius 1 is 1.23 bits per heavy atom. The lowest BCUT2D eigenvalue weighted by molar-refractivity contribution is 0.288. The molecule has 1 aliphatic heterocycles. The molecule has 3 rings (SSSR count). The SMILES string of the molecule is Cc1ccc(S(=O)(=O)N2CCC(NCC3CC3)CC2)c(Cl)c1. The van der Waals surface area contributed by atoms with Gasteiger partial charge in [-0.2, -0.15) is 4.31 Å². The predicted molar refractivity (Wildman–Crippen MR) is 88.7 cm³/mol. The summed E-state index contributed by atoms with van der Waals surface area (Å²) < 4.78 is 27.0. The zero-order valence-corrected chi connectivity index (χ0v) is 14.5. The van der Waals surface area contributed by atoms with Gasteiger partial charge in [0.15, 0.2) is 0 Å². The summed E-state index contributed by atoms with van der Waals surface area (Å²) in [7, 11) is -3.48. The quantitative estimate of drug-likeness (QED) is 0.895. The number of sulfonamides is 1. The van der Waals surface area contributed by atoms with E-state index in [4.69, 9.17) is 11.6 Å². The molecule has 1 aliphatic carbocycles. The van der Waals surface area contributed by atoms with Crippen LogP contribution in [-0.4, -0.2) is 38.4 Å². The molecule has 122 valence electrons. The second-order valence-corrected chi connectivity index (χ2v) is 8.78. The van der Waals surface area contributed by atoms with Crippen molar-refractivity contribution in [1.29, 1.82) is 0 Å². The maximum atomic E-state index is 12.7. The molecule has 1 aromatic rings. The van der Waals surface area contributed by atoms with E-state index < -0.39 is 10.0 Å². The van der Waals surface area contributed by atoms with Gasteiger partial charge < -0.3 is 5.32 Å². The number of rotatable bonds is 5. The Morgan fingerprint density at radius 2 is 1.91 bits per heavy atom. The first-order valence-corrected chi connectivity index (χ1v) is 9.78. The van der Waals surface area contributed by atoms with Crippen molar-refractivity contribution in [2.45, 2.75) is 43.5 Å². The van der Waals surface area contributed by atoms with Gasteiger partial charge in [-0.1, -0.05) is 17.7 Å². The van der Waals surface area contributed by atoms with E-state index in [1.54, 1.807) is 22.5 Å². The van der Waals surface area contributed by atoms with Crippen LogP contribution in [0.3, 0.4) is 0 Å². The number of nitrogens with one attached hydrogen (secondary N) is 1. The van der Waals surface area contributed by atoms with E-state index in [0.717, 1.165) is 30.9 Å². The van der Waals surface area contributed by atoms with Crippen LogP contribution in [0.15, 0.2) is 23.1 Å². The van der Waals surface area contributed by atoms with E-state index in [1.807, 2.05) is 6.92 Å². The molecule has 4 nitrogen and oxygen atoms in total. The molecule has 1 saturated heterocycles. The number of hydrogen-bond donors (Lipinski definition) is 1. The first kappa shape index (κ1) is 16.2. The van der Waals surface area contributed by atoms with Crippen molar-refractivity contribution in [2.24, 2.45) is 5.92 Å². The van der Waals surface area contributed by atoms with E-state index in [0.29, 0.717) is 24.2 Å². The molecule has 0 atom stereocenters. The Bertz CT molecular complexity index is 636. The van der Waals surface area contributed by atoms with Gasteiger partial charge in [-0.05, 0) is 62.8 Å². The highest BCUT2D eigenvalue weighted by molar-refractivity contribution is 7.89. The van der Waals surface area contributed by atoms with Gasteiger partial charge in [0.25, 0.3) is 0 Å². The summed E-state index contributed by atoms with van der Waals surface area (Å²) in [5.74, 6) is 0.855. The minimum Gasteiger partial charge on any atom is -0.314 e. The van der Waals surface area contributed by atoms with Crippen LogP contribution in [0.25, 0.3) is 0 Å². The first-order chi connectivity index (χ1) is 10.5. The number of piperidine rings is 1. The molecular weight excluding hydrogens is 320 g/mol. The third-order valence-electron chi connectivity index (χ3n) is 4.55. The largest absolute Gasteiger partial charge is 0.314 e. The van der Waals surface area contributed by atoms with Crippen LogP contribution in [-0.2, 0) is 10.0 Å². The van der Waals surface area contributed by atoms with Gasteiger partial charge in [0, 0.05) is 19.1 Å². The molecular formula is C16H23ClN2O2S. The molecule has 1 heterocycles. The van der Waals surface area contributed by atoms with Gasteiger partial charge in [0.1, 0.15) is 4.90 Å². The predicted octanol–water partition coefficient (Wildman–Crippen LogP) is 2.80. The van der Waals surface area contributed by atoms with Crippen LogP contribution >= 0.6 is 11.6 Å². The standard InChI is InChI=1S/C16H23ClN2O2S/c1-12-2-5-16(15(17)10-12)22(20,21)19-8-6-14(7-9-19)18-11-13-3-4-13/h2,5,10,13-14,18H,3-4,6-9,11H2,1H3. The Hall–Kier alpha value is -0.620. The third kappa shape index (κ3) is 3.65. The van der Waals surface area contributed by atoms with Gasteiger partial charge in [0.2, 0.25) is 10.0 Å². The lowest BCUT2D eigenvalue weighted by Gasteiger charge is -2.32. The second kappa shape index (κ2) is 6.48. The van der Waals surface area contributed by atoms with Gasteiger partial charge >= 0.3 is 0 Å². The van der Waals surface area contributed by atoms with Crippen LogP contribution in [0.1, 0.15) is 31.2 Å². The summed E-state index contributed by atoms with van der Waals surface area (Å²) in [4.78, 5) is 0.226. The normalized spacial score (nSPS) is 21.2. The zero-order chi connectivity index (χ0) is 15.7. The Morgan fingerprint density at radius 3 is 2.50 bits per heavy atom. The third-order valence-corrected chi connectivity index (χ3v) is 6.93. The van der Waals surface area contributed by atoms with Crippen molar-refractivity contribution in [3.63, 3.8) is 0 Å². The van der Waals surface area contributed by atoms with Crippen LogP contribution < -0.4 is 5.32 Å². The topological polar surface area (TPSA) is 49.4 Å². The van der Waals surface area contributed by atoms with E-state index in [1.165, 1.54) is 12.8 Å². The van der Waals surface area contributed by atoms with Crippen molar-refractivity contribution >= 4 is 21.6 Å². The number of aryl methyl sites for hydroxylation is 1. The van der Waals surface area contributed by atoms with E-state index in [9.17, 15) is 8.42 Å². The maximum absolute atomic E-state index is 12.7. The monoisotopic (exact) mass is 342 g/mol. The molecule has 0 radical (unpaired) electrons. The summed E-state index contributed by atoms with van der Waals surface area (Å²) in [6.45, 7) is 4.12. The van der Waals surface area contributed by atoms with Gasteiger partial charge in [-0.25, -0.2) is 8.42 Å². The van der Waals surface area contributed by atoms with E-state index in [-0.39, 0.29) is 4.90 Å². The summed E-state index contributed by atoms with van der Waals surface area (Å²) in [5, 5.41) is 3.88. The molecule has 0 spiro atoms. The lowest BCUT2D eigenvalue weighted by Crippen LogP contribution is -2.45. The molecule has 1 aromatic carbocycles. The van der Waals surface area contributed by atoms with Crippen LogP contribution in [0, 0.1) is 12.8 Å². The lowest BCUT2D eigenvalue weighted by atomic mass is 10.1. The molecule has 1 saturated carbocycles. The average Bonchev–Trinajstić information content (AvgIpc) is 3.29. The van der Waals surface area contributed by atoms with Crippen molar-refractivity contribution in [1.82, 2.24) is 9.62 Å². The van der Waals surface area contributed by atoms with Crippen molar-refractivity contribution < 1.29 is 8.42 Å². The number of benzene rings is 1. The fourth-order valence-electron chi connectivity index (χ4n) is 2.91. The highest BCUT2D eigenvalue weighted by atomic mass is 35.5. The maximum Gasteiger partial charge on any atom is 0.244 e. The zero-order valence-electron chi connectivity index (χ0n) is 12.9. The molecule has 0 aromatic heterocycles. The second-order valence-electron chi connectivity index (χ2n) is 6.46. The Labute approximate surface area is 137 Å². The van der Waals surface area contributed by atoms with Crippen LogP contribution in [0.4, 0.5) is 0 Å². The summed E-state index contributed by atoms with van der Waals surface area (Å²) in [6, 6.07) is 5.56. The molecule has 0 bridgehead atoms. The summed E-state index contributed by atoms with van der Waals surface area (Å²) in [6.07, 6.45) is 4.42. The van der Waals surface area contributed by atoms with Crippen molar-refractivity contribution in [3.8, 4) is 0 Å². The fourth-order valence-corrected chi connectivity index (χ4v) is 4.95. The minimum atomic E-state index is -3.48. The molecule has 22 heavy (non-hydrogen) atoms. The molecule has 6 heteroatoms. The Kier molecular flexibility index (Phi) is 4.78. The average molecular weight is 343 g/mol. The molecule has 1 N–H and O–H groups in total. The summed E-state index contributed by atoms with van der Waals surface area (Å²) in [5.41, 5.74) is 0.965. The minimum absolute atomic E-state index is 0.226. The van der Waals surface area contributed by atoms with Gasteiger partial charge in [-0.15, -0.1) is 0 Å². The van der Waals surface area contributed by atoms with Crippen LogP contribution in [0.2, 0.25) is 5.02 Å². The van der Waals surface area contributed by atoms with Crippen LogP contribution in [0.5, 0.6) is 0 Å². The fraction of sp³-hybridized carbons (Fsp3) is 0.625. The van der Waals surface area contributed by atoms with Gasteiger partial charge in [-0.3, -0.25) is 0 Å². The van der Waals surface area contributed by atoms with Crippen molar-refractivity contribution in [2.75, 3.05) is 19.6 Å². The number of halogens is 1. The molecule has 0 amide bonds. The van der Waals surface area contributed by atoms with E-state index >= 15 is 0 Å². The highest BCUT2D eigenvalue weighted by Gasteiger charge is 2.31. The number of nitrogens with zero attached hydrogens (tertiary/aromatic N) is 1. The highest BCUT2D eigenvalue weighted by Crippen LogP contribution is 2.29. The van der Waals surface area contributed by atoms with E-state index in [2.05, 4.69) is 5.32 Å².